The molecule has 0 spiro atoms. The van der Waals surface area contributed by atoms with E-state index >= 15 is 0 Å². The van der Waals surface area contributed by atoms with Gasteiger partial charge in [-0.3, -0.25) is 4.79 Å². The van der Waals surface area contributed by atoms with Gasteiger partial charge in [-0.05, 0) is 86.3 Å². The van der Waals surface area contributed by atoms with Crippen LogP contribution in [0.15, 0.2) is 60.7 Å². The molecule has 1 fully saturated rings. The molecule has 1 aliphatic heterocycles. The Balaban J connectivity index is 1.55. The molecule has 1 saturated heterocycles. The third kappa shape index (κ3) is 5.76. The number of methoxy groups -OCH3 is 1. The van der Waals surface area contributed by atoms with Crippen molar-refractivity contribution in [3.63, 3.8) is 0 Å². The fourth-order valence-electron chi connectivity index (χ4n) is 4.49. The number of esters is 1. The standard InChI is InChI=1S/C28H32O6S2/c1-20(2)34-24-12-8-22(9-13-24)25-14-15-26(35-25)28(16-4-5-17-36(28,30)31)18-27(29)33-19-21-6-10-23(32-3)11-7-21/h6-15,20H,4-5,16-19H2,1-3H3/t28-/m0/s1. The Bertz CT molecular complexity index is 1280. The average molecular weight is 529 g/mol. The SMILES string of the molecule is COc1ccc(COC(=O)C[C@]2(c3ccc(-c4ccc(OC(C)C)cc4)s3)CCCCS2(=O)=O)cc1. The zero-order valence-electron chi connectivity index (χ0n) is 20.9. The molecule has 1 aliphatic rings. The molecule has 2 heterocycles. The molecule has 3 aromatic rings. The van der Waals surface area contributed by atoms with Crippen molar-refractivity contribution >= 4 is 27.1 Å². The summed E-state index contributed by atoms with van der Waals surface area (Å²) in [5.41, 5.74) is 1.79. The maximum absolute atomic E-state index is 13.4. The Labute approximate surface area is 217 Å². The van der Waals surface area contributed by atoms with Crippen LogP contribution in [0.1, 0.15) is 50.0 Å². The topological polar surface area (TPSA) is 78.9 Å². The molecule has 8 heteroatoms. The van der Waals surface area contributed by atoms with Gasteiger partial charge < -0.3 is 14.2 Å². The molecule has 0 aliphatic carbocycles. The fourth-order valence-corrected chi connectivity index (χ4v) is 8.26. The lowest BCUT2D eigenvalue weighted by Gasteiger charge is -2.35. The van der Waals surface area contributed by atoms with Crippen molar-refractivity contribution in [2.45, 2.75) is 57.0 Å². The highest BCUT2D eigenvalue weighted by Gasteiger charge is 2.49. The molecule has 0 radical (unpaired) electrons. The second-order valence-corrected chi connectivity index (χ2v) is 12.8. The lowest BCUT2D eigenvalue weighted by atomic mass is 9.95. The van der Waals surface area contributed by atoms with Crippen molar-refractivity contribution in [1.29, 1.82) is 0 Å². The quantitative estimate of drug-likeness (QED) is 0.311. The summed E-state index contributed by atoms with van der Waals surface area (Å²) >= 11 is 1.43. The third-order valence-corrected chi connectivity index (χ3v) is 10.4. The summed E-state index contributed by atoms with van der Waals surface area (Å²) < 4.78 is 42.0. The fraction of sp³-hybridized carbons (Fsp3) is 0.393. The number of thiophene rings is 1. The van der Waals surface area contributed by atoms with Gasteiger partial charge in [-0.25, -0.2) is 8.42 Å². The maximum Gasteiger partial charge on any atom is 0.308 e. The molecule has 0 amide bonds. The van der Waals surface area contributed by atoms with E-state index in [1.807, 2.05) is 62.4 Å². The molecular weight excluding hydrogens is 496 g/mol. The molecule has 192 valence electrons. The molecule has 2 aromatic carbocycles. The number of ether oxygens (including phenoxy) is 3. The van der Waals surface area contributed by atoms with E-state index in [9.17, 15) is 13.2 Å². The van der Waals surface area contributed by atoms with Gasteiger partial charge >= 0.3 is 5.97 Å². The second-order valence-electron chi connectivity index (χ2n) is 9.31. The number of hydrogen-bond acceptors (Lipinski definition) is 7. The van der Waals surface area contributed by atoms with Crippen LogP contribution in [0.2, 0.25) is 0 Å². The number of sulfone groups is 1. The summed E-state index contributed by atoms with van der Waals surface area (Å²) in [6, 6.07) is 18.8. The van der Waals surface area contributed by atoms with E-state index in [-0.39, 0.29) is 24.9 Å². The van der Waals surface area contributed by atoms with Crippen molar-refractivity contribution in [3.05, 3.63) is 71.1 Å². The van der Waals surface area contributed by atoms with Crippen LogP contribution in [0, 0.1) is 0 Å². The Hall–Kier alpha value is -2.84. The molecule has 0 unspecified atom stereocenters. The van der Waals surface area contributed by atoms with Gasteiger partial charge in [0, 0.05) is 9.75 Å². The molecule has 0 bridgehead atoms. The van der Waals surface area contributed by atoms with Gasteiger partial charge in [0.15, 0.2) is 9.84 Å². The zero-order valence-corrected chi connectivity index (χ0v) is 22.5. The summed E-state index contributed by atoms with van der Waals surface area (Å²) in [5.74, 6) is 1.07. The normalized spacial score (nSPS) is 19.1. The Morgan fingerprint density at radius 3 is 2.31 bits per heavy atom. The summed E-state index contributed by atoms with van der Waals surface area (Å²) in [6.45, 7) is 4.04. The van der Waals surface area contributed by atoms with Crippen LogP contribution in [0.5, 0.6) is 11.5 Å². The Kier molecular flexibility index (Phi) is 8.05. The van der Waals surface area contributed by atoms with Crippen molar-refractivity contribution in [2.24, 2.45) is 0 Å². The molecule has 0 saturated carbocycles. The minimum atomic E-state index is -3.54. The number of rotatable bonds is 9. The Morgan fingerprint density at radius 2 is 1.67 bits per heavy atom. The predicted octanol–water partition coefficient (Wildman–Crippen LogP) is 6.14. The van der Waals surface area contributed by atoms with E-state index in [2.05, 4.69) is 0 Å². The van der Waals surface area contributed by atoms with E-state index in [4.69, 9.17) is 14.2 Å². The molecule has 6 nitrogen and oxygen atoms in total. The zero-order chi connectivity index (χ0) is 25.8. The minimum Gasteiger partial charge on any atom is -0.497 e. The van der Waals surface area contributed by atoms with Gasteiger partial charge in [-0.1, -0.05) is 18.6 Å². The van der Waals surface area contributed by atoms with Crippen LogP contribution < -0.4 is 9.47 Å². The highest BCUT2D eigenvalue weighted by molar-refractivity contribution is 7.92. The predicted molar refractivity (Wildman–Crippen MR) is 142 cm³/mol. The van der Waals surface area contributed by atoms with Gasteiger partial charge in [-0.2, -0.15) is 0 Å². The molecule has 4 rings (SSSR count). The van der Waals surface area contributed by atoms with Crippen LogP contribution in [0.3, 0.4) is 0 Å². The molecule has 1 aromatic heterocycles. The van der Waals surface area contributed by atoms with Crippen molar-refractivity contribution < 1.29 is 27.4 Å². The smallest absolute Gasteiger partial charge is 0.308 e. The highest BCUT2D eigenvalue weighted by Crippen LogP contribution is 2.47. The lowest BCUT2D eigenvalue weighted by molar-refractivity contribution is -0.145. The van der Waals surface area contributed by atoms with E-state index in [1.54, 1.807) is 19.2 Å². The monoisotopic (exact) mass is 528 g/mol. The summed E-state index contributed by atoms with van der Waals surface area (Å²) in [5, 5.41) is 0. The van der Waals surface area contributed by atoms with Crippen LogP contribution in [0.4, 0.5) is 0 Å². The van der Waals surface area contributed by atoms with Crippen LogP contribution in [-0.4, -0.2) is 33.4 Å². The van der Waals surface area contributed by atoms with Crippen LogP contribution >= 0.6 is 11.3 Å². The van der Waals surface area contributed by atoms with E-state index in [1.165, 1.54) is 11.3 Å². The number of hydrogen-bond donors (Lipinski definition) is 0. The van der Waals surface area contributed by atoms with Gasteiger partial charge in [0.1, 0.15) is 22.9 Å². The first kappa shape index (κ1) is 26.2. The average Bonchev–Trinajstić information content (AvgIpc) is 3.35. The third-order valence-electron chi connectivity index (χ3n) is 6.39. The van der Waals surface area contributed by atoms with E-state index < -0.39 is 20.6 Å². The van der Waals surface area contributed by atoms with Crippen LogP contribution in [-0.2, 0) is 30.7 Å². The number of carbonyl (C=O) groups excluding carboxylic acids is 1. The number of benzene rings is 2. The molecular formula is C28H32O6S2. The first-order valence-electron chi connectivity index (χ1n) is 12.1. The first-order chi connectivity index (χ1) is 17.2. The molecule has 1 atom stereocenters. The van der Waals surface area contributed by atoms with Gasteiger partial charge in [-0.15, -0.1) is 11.3 Å². The first-order valence-corrected chi connectivity index (χ1v) is 14.6. The minimum absolute atomic E-state index is 0.0766. The largest absolute Gasteiger partial charge is 0.497 e. The van der Waals surface area contributed by atoms with Crippen LogP contribution in [0.25, 0.3) is 10.4 Å². The van der Waals surface area contributed by atoms with Gasteiger partial charge in [0.2, 0.25) is 0 Å². The molecule has 36 heavy (non-hydrogen) atoms. The second kappa shape index (κ2) is 11.0. The lowest BCUT2D eigenvalue weighted by Crippen LogP contribution is -2.42. The summed E-state index contributed by atoms with van der Waals surface area (Å²) in [7, 11) is -1.95. The van der Waals surface area contributed by atoms with Gasteiger partial charge in [0.25, 0.3) is 0 Å². The van der Waals surface area contributed by atoms with Crippen molar-refractivity contribution in [2.75, 3.05) is 12.9 Å². The Morgan fingerprint density at radius 1 is 0.972 bits per heavy atom. The van der Waals surface area contributed by atoms with Crippen molar-refractivity contribution in [3.8, 4) is 21.9 Å². The van der Waals surface area contributed by atoms with E-state index in [0.29, 0.717) is 23.5 Å². The van der Waals surface area contributed by atoms with E-state index in [0.717, 1.165) is 28.2 Å². The molecule has 0 N–H and O–H groups in total. The summed E-state index contributed by atoms with van der Waals surface area (Å²) in [4.78, 5) is 14.6. The van der Waals surface area contributed by atoms with Gasteiger partial charge in [0.05, 0.1) is 25.4 Å². The summed E-state index contributed by atoms with van der Waals surface area (Å²) in [6.07, 6.45) is 1.67. The number of carbonyl (C=O) groups is 1. The van der Waals surface area contributed by atoms with Crippen molar-refractivity contribution in [1.82, 2.24) is 0 Å². The maximum atomic E-state index is 13.4. The highest BCUT2D eigenvalue weighted by atomic mass is 32.2.